The zero-order valence-corrected chi connectivity index (χ0v) is 7.85. The van der Waals surface area contributed by atoms with Crippen LogP contribution in [0.15, 0.2) is 12.2 Å². The van der Waals surface area contributed by atoms with E-state index in [1.54, 1.807) is 6.92 Å². The molecule has 0 atom stereocenters. The highest BCUT2D eigenvalue weighted by atomic mass is 16.5. The highest BCUT2D eigenvalue weighted by molar-refractivity contribution is 5.86. The molecule has 0 unspecified atom stereocenters. The van der Waals surface area contributed by atoms with Crippen LogP contribution in [-0.2, 0) is 9.53 Å². The summed E-state index contributed by atoms with van der Waals surface area (Å²) in [7, 11) is 0. The smallest absolute Gasteiger partial charge is 0.333 e. The first-order chi connectivity index (χ1) is 5.18. The van der Waals surface area contributed by atoms with Crippen LogP contribution < -0.4 is 0 Å². The van der Waals surface area contributed by atoms with E-state index in [9.17, 15) is 4.79 Å². The lowest BCUT2D eigenvalue weighted by Gasteiger charge is -2.02. The molecule has 0 bridgehead atoms. The van der Waals surface area contributed by atoms with Crippen molar-refractivity contribution in [3.63, 3.8) is 0 Å². The number of carbonyl (C=O) groups excluding carboxylic acids is 1. The maximum atomic E-state index is 10.8. The molecular weight excluding hydrogens is 156 g/mol. The number of carbonyl (C=O) groups is 1. The van der Waals surface area contributed by atoms with Crippen molar-refractivity contribution >= 4 is 5.97 Å². The van der Waals surface area contributed by atoms with Gasteiger partial charge in [0.15, 0.2) is 0 Å². The number of hydrogen-bond acceptors (Lipinski definition) is 2. The molecule has 2 N–H and O–H groups in total. The minimum atomic E-state index is -0.277. The van der Waals surface area contributed by atoms with Crippen LogP contribution in [0.3, 0.4) is 0 Å². The van der Waals surface area contributed by atoms with Gasteiger partial charge in [0.05, 0.1) is 6.61 Å². The van der Waals surface area contributed by atoms with Crippen molar-refractivity contribution in [2.75, 3.05) is 6.61 Å². The molecule has 0 aliphatic carbocycles. The number of rotatable bonds is 5. The van der Waals surface area contributed by atoms with Gasteiger partial charge in [-0.25, -0.2) is 4.79 Å². The van der Waals surface area contributed by atoms with Gasteiger partial charge in [-0.1, -0.05) is 26.3 Å². The Bertz CT molecular complexity index is 141. The van der Waals surface area contributed by atoms with Crippen molar-refractivity contribution in [2.24, 2.45) is 0 Å². The second-order valence-electron chi connectivity index (χ2n) is 2.62. The predicted molar refractivity (Wildman–Crippen MR) is 48.9 cm³/mol. The first-order valence-electron chi connectivity index (χ1n) is 4.01. The lowest BCUT2D eigenvalue weighted by atomic mass is 10.3. The van der Waals surface area contributed by atoms with E-state index in [-0.39, 0.29) is 11.4 Å². The van der Waals surface area contributed by atoms with E-state index in [1.807, 2.05) is 0 Å². The summed E-state index contributed by atoms with van der Waals surface area (Å²) < 4.78 is 4.87. The van der Waals surface area contributed by atoms with Crippen molar-refractivity contribution in [1.29, 1.82) is 0 Å². The Kier molecular flexibility index (Phi) is 9.47. The van der Waals surface area contributed by atoms with Crippen LogP contribution in [-0.4, -0.2) is 18.1 Å². The Morgan fingerprint density at radius 1 is 1.42 bits per heavy atom. The number of unbranched alkanes of at least 4 members (excludes halogenated alkanes) is 2. The zero-order valence-electron chi connectivity index (χ0n) is 7.85. The number of hydrogen-bond donors (Lipinski definition) is 0. The highest BCUT2D eigenvalue weighted by Crippen LogP contribution is 1.97. The summed E-state index contributed by atoms with van der Waals surface area (Å²) >= 11 is 0. The summed E-state index contributed by atoms with van der Waals surface area (Å²) in [6.07, 6.45) is 3.21. The Hall–Kier alpha value is -0.830. The molecule has 0 aliphatic heterocycles. The van der Waals surface area contributed by atoms with Gasteiger partial charge in [-0.3, -0.25) is 0 Å². The SMILES string of the molecule is C=C(C)C(=O)OCCCCC.O. The van der Waals surface area contributed by atoms with Gasteiger partial charge in [-0.05, 0) is 13.3 Å². The van der Waals surface area contributed by atoms with Gasteiger partial charge in [-0.2, -0.15) is 0 Å². The summed E-state index contributed by atoms with van der Waals surface area (Å²) in [6, 6.07) is 0. The number of esters is 1. The molecule has 72 valence electrons. The third-order valence-corrected chi connectivity index (χ3v) is 1.33. The van der Waals surface area contributed by atoms with Crippen LogP contribution in [0.2, 0.25) is 0 Å². The Morgan fingerprint density at radius 2 is 2.00 bits per heavy atom. The van der Waals surface area contributed by atoms with Gasteiger partial charge in [-0.15, -0.1) is 0 Å². The van der Waals surface area contributed by atoms with Gasteiger partial charge in [0.2, 0.25) is 0 Å². The monoisotopic (exact) mass is 174 g/mol. The normalized spacial score (nSPS) is 8.50. The van der Waals surface area contributed by atoms with Crippen molar-refractivity contribution in [3.05, 3.63) is 12.2 Å². The molecule has 3 heteroatoms. The average Bonchev–Trinajstić information content (AvgIpc) is 1.97. The fourth-order valence-electron chi connectivity index (χ4n) is 0.640. The molecule has 3 nitrogen and oxygen atoms in total. The summed E-state index contributed by atoms with van der Waals surface area (Å²) in [4.78, 5) is 10.8. The molecule has 0 aromatic rings. The second kappa shape index (κ2) is 8.27. The molecular formula is C9H18O3. The molecule has 0 saturated carbocycles. The summed E-state index contributed by atoms with van der Waals surface area (Å²) in [6.45, 7) is 7.77. The molecule has 0 amide bonds. The van der Waals surface area contributed by atoms with E-state index in [0.717, 1.165) is 19.3 Å². The maximum absolute atomic E-state index is 10.8. The standard InChI is InChI=1S/C9H16O2.H2O/c1-4-5-6-7-11-9(10)8(2)3;/h2,4-7H2,1,3H3;1H2. The minimum absolute atomic E-state index is 0. The first-order valence-corrected chi connectivity index (χ1v) is 4.01. The van der Waals surface area contributed by atoms with Crippen molar-refractivity contribution in [2.45, 2.75) is 33.1 Å². The number of ether oxygens (including phenoxy) is 1. The van der Waals surface area contributed by atoms with E-state index in [2.05, 4.69) is 13.5 Å². The minimum Gasteiger partial charge on any atom is -0.462 e. The van der Waals surface area contributed by atoms with Crippen LogP contribution in [0.25, 0.3) is 0 Å². The molecule has 0 aromatic carbocycles. The Labute approximate surface area is 73.7 Å². The lowest BCUT2D eigenvalue weighted by Crippen LogP contribution is -2.05. The lowest BCUT2D eigenvalue weighted by molar-refractivity contribution is -0.139. The molecule has 12 heavy (non-hydrogen) atoms. The third-order valence-electron chi connectivity index (χ3n) is 1.33. The van der Waals surface area contributed by atoms with Crippen LogP contribution in [0.4, 0.5) is 0 Å². The van der Waals surface area contributed by atoms with Gasteiger partial charge in [0.1, 0.15) is 0 Å². The summed E-state index contributed by atoms with van der Waals surface area (Å²) in [5, 5.41) is 0. The van der Waals surface area contributed by atoms with Gasteiger partial charge >= 0.3 is 5.97 Å². The van der Waals surface area contributed by atoms with E-state index in [4.69, 9.17) is 4.74 Å². The van der Waals surface area contributed by atoms with Crippen molar-refractivity contribution in [3.8, 4) is 0 Å². The topological polar surface area (TPSA) is 57.8 Å². The molecule has 0 radical (unpaired) electrons. The summed E-state index contributed by atoms with van der Waals surface area (Å²) in [5.74, 6) is -0.277. The Morgan fingerprint density at radius 3 is 2.42 bits per heavy atom. The fourth-order valence-corrected chi connectivity index (χ4v) is 0.640. The maximum Gasteiger partial charge on any atom is 0.333 e. The molecule has 0 spiro atoms. The molecule has 0 aromatic heterocycles. The van der Waals surface area contributed by atoms with E-state index in [1.165, 1.54) is 0 Å². The van der Waals surface area contributed by atoms with Crippen LogP contribution >= 0.6 is 0 Å². The Balaban J connectivity index is 0. The molecule has 0 saturated heterocycles. The summed E-state index contributed by atoms with van der Waals surface area (Å²) in [5.41, 5.74) is 0.474. The molecule has 0 fully saturated rings. The largest absolute Gasteiger partial charge is 0.462 e. The highest BCUT2D eigenvalue weighted by Gasteiger charge is 2.00. The van der Waals surface area contributed by atoms with E-state index < -0.39 is 0 Å². The van der Waals surface area contributed by atoms with Gasteiger partial charge < -0.3 is 10.2 Å². The third kappa shape index (κ3) is 7.28. The van der Waals surface area contributed by atoms with E-state index in [0.29, 0.717) is 12.2 Å². The second-order valence-corrected chi connectivity index (χ2v) is 2.62. The van der Waals surface area contributed by atoms with Crippen LogP contribution in [0.1, 0.15) is 33.1 Å². The fraction of sp³-hybridized carbons (Fsp3) is 0.667. The van der Waals surface area contributed by atoms with Crippen LogP contribution in [0, 0.1) is 0 Å². The average molecular weight is 174 g/mol. The zero-order chi connectivity index (χ0) is 8.69. The van der Waals surface area contributed by atoms with Crippen molar-refractivity contribution < 1.29 is 15.0 Å². The quantitative estimate of drug-likeness (QED) is 0.360. The van der Waals surface area contributed by atoms with Gasteiger partial charge in [0.25, 0.3) is 0 Å². The van der Waals surface area contributed by atoms with Gasteiger partial charge in [0, 0.05) is 5.57 Å². The molecule has 0 heterocycles. The van der Waals surface area contributed by atoms with Crippen LogP contribution in [0.5, 0.6) is 0 Å². The predicted octanol–water partition coefficient (Wildman–Crippen LogP) is 1.47. The first kappa shape index (κ1) is 13.7. The van der Waals surface area contributed by atoms with E-state index >= 15 is 0 Å². The van der Waals surface area contributed by atoms with Crippen molar-refractivity contribution in [1.82, 2.24) is 0 Å². The molecule has 0 aliphatic rings. The molecule has 0 rings (SSSR count).